The van der Waals surface area contributed by atoms with Gasteiger partial charge in [0.2, 0.25) is 0 Å². The molecular formula is C13H24N2OS. The number of amides is 1. The summed E-state index contributed by atoms with van der Waals surface area (Å²) >= 11 is 1.33. The Kier molecular flexibility index (Phi) is 5.53. The summed E-state index contributed by atoms with van der Waals surface area (Å²) in [6.45, 7) is 6.11. The van der Waals surface area contributed by atoms with Crippen molar-refractivity contribution in [1.82, 2.24) is 5.32 Å². The van der Waals surface area contributed by atoms with Crippen molar-refractivity contribution in [1.29, 1.82) is 0 Å². The molecule has 0 aromatic heterocycles. The first-order valence-corrected chi connectivity index (χ1v) is 7.12. The van der Waals surface area contributed by atoms with Gasteiger partial charge in [-0.3, -0.25) is 4.79 Å². The minimum absolute atomic E-state index is 0.0342. The van der Waals surface area contributed by atoms with E-state index in [9.17, 15) is 4.79 Å². The highest BCUT2D eigenvalue weighted by Gasteiger charge is 2.22. The van der Waals surface area contributed by atoms with E-state index in [-0.39, 0.29) is 22.1 Å². The van der Waals surface area contributed by atoms with Crippen molar-refractivity contribution in [2.75, 3.05) is 0 Å². The minimum Gasteiger partial charge on any atom is -0.342 e. The maximum Gasteiger partial charge on any atom is 0.279 e. The zero-order valence-corrected chi connectivity index (χ0v) is 11.8. The number of rotatable bonds is 1. The molecule has 98 valence electrons. The minimum atomic E-state index is -0.0557. The second kappa shape index (κ2) is 6.45. The van der Waals surface area contributed by atoms with E-state index in [1.165, 1.54) is 18.2 Å². The number of carbonyl (C=O) groups excluding carboxylic acids is 1. The van der Waals surface area contributed by atoms with Crippen molar-refractivity contribution >= 4 is 17.0 Å². The molecule has 1 unspecified atom stereocenters. The molecule has 1 aliphatic rings. The molecule has 1 aliphatic carbocycles. The third-order valence-electron chi connectivity index (χ3n) is 2.66. The van der Waals surface area contributed by atoms with E-state index in [0.29, 0.717) is 0 Å². The lowest BCUT2D eigenvalue weighted by atomic mass is 9.98. The maximum absolute atomic E-state index is 11.8. The van der Waals surface area contributed by atoms with Crippen LogP contribution in [-0.2, 0) is 0 Å². The molecule has 2 atom stereocenters. The summed E-state index contributed by atoms with van der Waals surface area (Å²) in [5, 5.41) is 3.07. The lowest BCUT2D eigenvalue weighted by Crippen LogP contribution is -2.46. The molecule has 0 heterocycles. The number of thioether (sulfide) groups is 1. The van der Waals surface area contributed by atoms with Gasteiger partial charge in [-0.15, -0.1) is 0 Å². The molecule has 0 spiro atoms. The Balaban J connectivity index is 2.50. The van der Waals surface area contributed by atoms with Crippen LogP contribution in [0.25, 0.3) is 0 Å². The van der Waals surface area contributed by atoms with Crippen LogP contribution in [0.15, 0.2) is 12.2 Å². The molecule has 0 saturated heterocycles. The van der Waals surface area contributed by atoms with Crippen LogP contribution in [0, 0.1) is 0 Å². The van der Waals surface area contributed by atoms with Gasteiger partial charge in [-0.2, -0.15) is 0 Å². The Morgan fingerprint density at radius 2 is 2.12 bits per heavy atom. The quantitative estimate of drug-likeness (QED) is 0.709. The molecule has 0 aliphatic heterocycles. The second-order valence-corrected chi connectivity index (χ2v) is 7.34. The third-order valence-corrected chi connectivity index (χ3v) is 3.58. The lowest BCUT2D eigenvalue weighted by Gasteiger charge is -2.26. The van der Waals surface area contributed by atoms with Crippen LogP contribution in [0.1, 0.15) is 46.5 Å². The van der Waals surface area contributed by atoms with E-state index >= 15 is 0 Å². The van der Waals surface area contributed by atoms with Gasteiger partial charge in [0.15, 0.2) is 0 Å². The Bertz CT molecular complexity index is 284. The van der Waals surface area contributed by atoms with Crippen LogP contribution in [0.2, 0.25) is 0 Å². The first-order valence-electron chi connectivity index (χ1n) is 6.30. The summed E-state index contributed by atoms with van der Waals surface area (Å²) in [6, 6.07) is 0.0220. The first kappa shape index (κ1) is 14.6. The van der Waals surface area contributed by atoms with Crippen molar-refractivity contribution in [3.05, 3.63) is 12.2 Å². The molecular weight excluding hydrogens is 232 g/mol. The van der Waals surface area contributed by atoms with Gasteiger partial charge in [-0.05, 0) is 19.3 Å². The lowest BCUT2D eigenvalue weighted by molar-refractivity contribution is 0.254. The van der Waals surface area contributed by atoms with Crippen LogP contribution in [0.3, 0.4) is 0 Å². The van der Waals surface area contributed by atoms with Gasteiger partial charge in [0.05, 0.1) is 0 Å². The normalized spacial score (nSPS) is 28.0. The Morgan fingerprint density at radius 1 is 1.41 bits per heavy atom. The van der Waals surface area contributed by atoms with Gasteiger partial charge >= 0.3 is 0 Å². The Morgan fingerprint density at radius 3 is 2.76 bits per heavy atom. The average Bonchev–Trinajstić information content (AvgIpc) is 2.15. The number of hydrogen-bond acceptors (Lipinski definition) is 3. The molecule has 0 aromatic carbocycles. The van der Waals surface area contributed by atoms with E-state index in [0.717, 1.165) is 19.3 Å². The fourth-order valence-corrected chi connectivity index (χ4v) is 2.60. The van der Waals surface area contributed by atoms with Gasteiger partial charge in [-0.1, -0.05) is 51.1 Å². The highest BCUT2D eigenvalue weighted by Crippen LogP contribution is 2.24. The van der Waals surface area contributed by atoms with Crippen LogP contribution in [0.5, 0.6) is 0 Å². The Hall–Kier alpha value is -0.480. The van der Waals surface area contributed by atoms with Crippen LogP contribution in [0.4, 0.5) is 4.79 Å². The van der Waals surface area contributed by atoms with Crippen molar-refractivity contribution in [3.8, 4) is 0 Å². The molecule has 0 bridgehead atoms. The zero-order chi connectivity index (χ0) is 12.9. The Labute approximate surface area is 109 Å². The maximum atomic E-state index is 11.8. The fraction of sp³-hybridized carbons (Fsp3) is 0.769. The summed E-state index contributed by atoms with van der Waals surface area (Å²) < 4.78 is -0.0500. The third kappa shape index (κ3) is 6.13. The monoisotopic (exact) mass is 256 g/mol. The number of allylic oxidation sites excluding steroid dienone is 1. The van der Waals surface area contributed by atoms with Crippen molar-refractivity contribution in [2.24, 2.45) is 5.73 Å². The molecule has 1 amide bonds. The second-order valence-electron chi connectivity index (χ2n) is 5.54. The molecule has 17 heavy (non-hydrogen) atoms. The molecule has 0 aromatic rings. The predicted octanol–water partition coefficient (Wildman–Crippen LogP) is 3.05. The number of carbonyl (C=O) groups is 1. The highest BCUT2D eigenvalue weighted by atomic mass is 32.2. The van der Waals surface area contributed by atoms with Crippen LogP contribution in [-0.4, -0.2) is 22.1 Å². The van der Waals surface area contributed by atoms with Crippen molar-refractivity contribution in [2.45, 2.75) is 63.3 Å². The molecule has 4 heteroatoms. The van der Waals surface area contributed by atoms with Gasteiger partial charge in [0.1, 0.15) is 0 Å². The van der Waals surface area contributed by atoms with Gasteiger partial charge < -0.3 is 11.1 Å². The molecule has 0 saturated carbocycles. The SMILES string of the molecule is CC(C)(C)SC(=O)NC1CCCC/C=C/[C@@H]1N. The first-order chi connectivity index (χ1) is 7.88. The molecule has 1 rings (SSSR count). The largest absolute Gasteiger partial charge is 0.342 e. The standard InChI is InChI=1S/C13H24N2OS/c1-13(2,3)17-12(16)15-11-9-7-5-4-6-8-10(11)14/h6,8,10-11H,4-5,7,9,14H2,1-3H3,(H,15,16)/b8-6+/t10-,11?/m0/s1. The van der Waals surface area contributed by atoms with E-state index in [1.54, 1.807) is 0 Å². The van der Waals surface area contributed by atoms with E-state index in [1.807, 2.05) is 26.8 Å². The smallest absolute Gasteiger partial charge is 0.279 e. The predicted molar refractivity (Wildman–Crippen MR) is 75.2 cm³/mol. The molecule has 3 N–H and O–H groups in total. The number of nitrogens with two attached hydrogens (primary N) is 1. The molecule has 0 fully saturated rings. The summed E-state index contributed by atoms with van der Waals surface area (Å²) in [6.07, 6.45) is 8.53. The van der Waals surface area contributed by atoms with E-state index in [2.05, 4.69) is 11.4 Å². The van der Waals surface area contributed by atoms with Crippen molar-refractivity contribution < 1.29 is 4.79 Å². The van der Waals surface area contributed by atoms with Crippen LogP contribution < -0.4 is 11.1 Å². The van der Waals surface area contributed by atoms with Gasteiger partial charge in [0, 0.05) is 16.8 Å². The topological polar surface area (TPSA) is 55.1 Å². The van der Waals surface area contributed by atoms with Gasteiger partial charge in [0.25, 0.3) is 5.24 Å². The molecule has 3 nitrogen and oxygen atoms in total. The summed E-state index contributed by atoms with van der Waals surface area (Å²) in [4.78, 5) is 11.8. The zero-order valence-electron chi connectivity index (χ0n) is 11.0. The highest BCUT2D eigenvalue weighted by molar-refractivity contribution is 8.14. The fourth-order valence-electron chi connectivity index (χ4n) is 1.83. The van der Waals surface area contributed by atoms with E-state index < -0.39 is 0 Å². The van der Waals surface area contributed by atoms with Gasteiger partial charge in [-0.25, -0.2) is 0 Å². The summed E-state index contributed by atoms with van der Waals surface area (Å²) in [5.74, 6) is 0. The number of hydrogen-bond donors (Lipinski definition) is 2. The number of nitrogens with one attached hydrogen (secondary N) is 1. The van der Waals surface area contributed by atoms with Crippen molar-refractivity contribution in [3.63, 3.8) is 0 Å². The van der Waals surface area contributed by atoms with Crippen LogP contribution >= 0.6 is 11.8 Å². The summed E-state index contributed by atoms with van der Waals surface area (Å²) in [7, 11) is 0. The van der Waals surface area contributed by atoms with E-state index in [4.69, 9.17) is 5.73 Å². The summed E-state index contributed by atoms with van der Waals surface area (Å²) in [5.41, 5.74) is 6.05. The molecule has 0 radical (unpaired) electrons. The average molecular weight is 256 g/mol.